The molecular weight excluding hydrogens is 828 g/mol. The fourth-order valence-electron chi connectivity index (χ4n) is 8.10. The van der Waals surface area contributed by atoms with Gasteiger partial charge in [-0.1, -0.05) is 18.2 Å². The average Bonchev–Trinajstić information content (AvgIpc) is 3.51. The van der Waals surface area contributed by atoms with E-state index < -0.39 is 84.3 Å². The molecule has 4 heterocycles. The Morgan fingerprint density at radius 1 is 0.810 bits per heavy atom. The van der Waals surface area contributed by atoms with E-state index in [2.05, 4.69) is 0 Å². The molecule has 19 nitrogen and oxygen atoms in total. The van der Waals surface area contributed by atoms with E-state index in [0.717, 1.165) is 27.7 Å². The maximum absolute atomic E-state index is 13.5. The molecule has 3 aliphatic heterocycles. The van der Waals surface area contributed by atoms with Crippen LogP contribution >= 0.6 is 0 Å². The van der Waals surface area contributed by atoms with Gasteiger partial charge in [0.2, 0.25) is 0 Å². The summed E-state index contributed by atoms with van der Waals surface area (Å²) in [6.07, 6.45) is -7.55. The summed E-state index contributed by atoms with van der Waals surface area (Å²) in [6, 6.07) is 19.3. The van der Waals surface area contributed by atoms with Gasteiger partial charge in [-0.05, 0) is 48.0 Å². The summed E-state index contributed by atoms with van der Waals surface area (Å²) >= 11 is 0. The summed E-state index contributed by atoms with van der Waals surface area (Å²) in [5, 5.41) is 34.4. The third kappa shape index (κ3) is 7.67. The highest BCUT2D eigenvalue weighted by atomic mass is 16.7. The highest BCUT2D eigenvalue weighted by Gasteiger charge is 2.55. The van der Waals surface area contributed by atoms with Crippen molar-refractivity contribution in [2.75, 3.05) is 6.61 Å². The van der Waals surface area contributed by atoms with Crippen LogP contribution in [0.3, 0.4) is 0 Å². The number of rotatable bonds is 10. The Balaban J connectivity index is 1.27. The topological polar surface area (TPSA) is 256 Å². The minimum absolute atomic E-state index is 0.00202. The Labute approximate surface area is 356 Å². The molecule has 1 aromatic heterocycles. The van der Waals surface area contributed by atoms with Crippen molar-refractivity contribution in [1.29, 1.82) is 0 Å². The monoisotopic (exact) mass is 864 g/mol. The number of non-ortho nitro benzene ring substituents is 1. The molecule has 8 rings (SSSR count). The van der Waals surface area contributed by atoms with Crippen LogP contribution in [-0.2, 0) is 64.5 Å². The second kappa shape index (κ2) is 16.3. The number of carbonyl (C=O) groups is 5. The predicted molar refractivity (Wildman–Crippen MR) is 212 cm³/mol. The van der Waals surface area contributed by atoms with E-state index >= 15 is 0 Å². The smallest absolute Gasteiger partial charge is 0.340 e. The molecule has 19 heteroatoms. The van der Waals surface area contributed by atoms with E-state index in [9.17, 15) is 44.3 Å². The van der Waals surface area contributed by atoms with Gasteiger partial charge >= 0.3 is 29.8 Å². The second-order valence-corrected chi connectivity index (χ2v) is 14.7. The van der Waals surface area contributed by atoms with Crippen LogP contribution in [0.15, 0.2) is 78.9 Å². The number of nitro benzene ring substituents is 1. The fourth-order valence-corrected chi connectivity index (χ4v) is 8.10. The number of esters is 5. The Bertz CT molecular complexity index is 2750. The van der Waals surface area contributed by atoms with E-state index in [1.807, 2.05) is 0 Å². The van der Waals surface area contributed by atoms with Gasteiger partial charge in [0.15, 0.2) is 30.2 Å². The number of benzene rings is 4. The first kappa shape index (κ1) is 42.1. The van der Waals surface area contributed by atoms with Crippen LogP contribution in [0.2, 0.25) is 0 Å². The molecule has 1 unspecified atom stereocenters. The van der Waals surface area contributed by atoms with Gasteiger partial charge in [0, 0.05) is 68.0 Å². The molecule has 0 amide bonds. The van der Waals surface area contributed by atoms with Crippen molar-refractivity contribution in [3.8, 4) is 34.3 Å². The number of nitro groups is 1. The van der Waals surface area contributed by atoms with E-state index in [0.29, 0.717) is 16.7 Å². The summed E-state index contributed by atoms with van der Waals surface area (Å²) in [5.74, 6) is -4.32. The highest BCUT2D eigenvalue weighted by Crippen LogP contribution is 2.59. The van der Waals surface area contributed by atoms with E-state index in [4.69, 9.17) is 42.9 Å². The summed E-state index contributed by atoms with van der Waals surface area (Å²) < 4.78 is 46.8. The van der Waals surface area contributed by atoms with Crippen LogP contribution in [0.5, 0.6) is 23.0 Å². The number of nitrogens with zero attached hydrogens (tertiary/aromatic N) is 2. The predicted octanol–water partition coefficient (Wildman–Crippen LogP) is 5.39. The van der Waals surface area contributed by atoms with Crippen LogP contribution in [0, 0.1) is 10.1 Å². The number of carbonyl (C=O) groups excluding carboxylic acids is 5. The number of pyridine rings is 1. The summed E-state index contributed by atoms with van der Waals surface area (Å²) in [4.78, 5) is 78.7. The van der Waals surface area contributed by atoms with Gasteiger partial charge < -0.3 is 48.1 Å². The van der Waals surface area contributed by atoms with Crippen LogP contribution in [-0.4, -0.2) is 87.3 Å². The molecule has 5 aromatic rings. The lowest BCUT2D eigenvalue weighted by Gasteiger charge is -2.44. The van der Waals surface area contributed by atoms with Crippen molar-refractivity contribution >= 4 is 46.4 Å². The zero-order chi connectivity index (χ0) is 44.9. The molecule has 4 aromatic carbocycles. The SMILES string of the molecule is CC(=O)OC[C@H]1O[C@@H](OCc2cc(-c3c(O)ccc4c3Oc3cc(O)ccc3C43OC(=O)c4ccccc43)nc3ccc([N+](=O)[O-])cc23)[C@H](OC(C)=O)[C@@H](OC(C)=O)[C@H]1OC(C)=O. The van der Waals surface area contributed by atoms with Gasteiger partial charge in [0.05, 0.1) is 33.9 Å². The van der Waals surface area contributed by atoms with Crippen LogP contribution in [0.1, 0.15) is 60.3 Å². The Kier molecular flexibility index (Phi) is 10.9. The lowest BCUT2D eigenvalue weighted by molar-refractivity contribution is -0.384. The molecule has 324 valence electrons. The van der Waals surface area contributed by atoms with Crippen molar-refractivity contribution in [2.45, 2.75) is 70.6 Å². The number of aromatic hydroxyl groups is 2. The number of phenolic OH excluding ortho intramolecular Hbond substituents is 2. The summed E-state index contributed by atoms with van der Waals surface area (Å²) in [6.45, 7) is 3.33. The van der Waals surface area contributed by atoms with Crippen LogP contribution < -0.4 is 4.74 Å². The zero-order valence-corrected chi connectivity index (χ0v) is 33.7. The van der Waals surface area contributed by atoms with Crippen molar-refractivity contribution in [3.05, 3.63) is 117 Å². The van der Waals surface area contributed by atoms with Gasteiger partial charge in [-0.2, -0.15) is 0 Å². The third-order valence-corrected chi connectivity index (χ3v) is 10.5. The number of fused-ring (bicyclic) bond motifs is 7. The molecule has 0 saturated carbocycles. The maximum atomic E-state index is 13.5. The van der Waals surface area contributed by atoms with Gasteiger partial charge in [-0.15, -0.1) is 0 Å². The minimum atomic E-state index is -1.63. The van der Waals surface area contributed by atoms with E-state index in [1.165, 1.54) is 48.5 Å². The fraction of sp³-hybridized carbons (Fsp3) is 0.273. The molecule has 3 aliphatic rings. The number of ether oxygens (including phenoxy) is 8. The summed E-state index contributed by atoms with van der Waals surface area (Å²) in [5.41, 5.74) is -0.0573. The lowest BCUT2D eigenvalue weighted by atomic mass is 9.76. The van der Waals surface area contributed by atoms with Crippen LogP contribution in [0.25, 0.3) is 22.2 Å². The molecule has 0 radical (unpaired) electrons. The number of hydrogen-bond donors (Lipinski definition) is 2. The molecule has 0 aliphatic carbocycles. The quantitative estimate of drug-likeness (QED) is 0.0772. The first-order valence-corrected chi connectivity index (χ1v) is 19.3. The molecule has 2 N–H and O–H groups in total. The largest absolute Gasteiger partial charge is 0.508 e. The van der Waals surface area contributed by atoms with Crippen molar-refractivity contribution < 1.29 is 77.0 Å². The van der Waals surface area contributed by atoms with Crippen molar-refractivity contribution in [2.24, 2.45) is 0 Å². The molecular formula is C44H36N2O17. The molecule has 0 bridgehead atoms. The van der Waals surface area contributed by atoms with Gasteiger partial charge in [-0.25, -0.2) is 9.78 Å². The van der Waals surface area contributed by atoms with E-state index in [1.54, 1.807) is 30.3 Å². The van der Waals surface area contributed by atoms with Crippen molar-refractivity contribution in [1.82, 2.24) is 4.98 Å². The highest BCUT2D eigenvalue weighted by molar-refractivity contribution is 5.98. The Hall–Kier alpha value is -7.64. The minimum Gasteiger partial charge on any atom is -0.508 e. The average molecular weight is 865 g/mol. The number of hydrogen-bond acceptors (Lipinski definition) is 18. The van der Waals surface area contributed by atoms with E-state index in [-0.39, 0.29) is 62.0 Å². The molecule has 1 spiro atoms. The normalized spacial score (nSPS) is 21.8. The standard InChI is InChI=1S/C44H36N2O17/c1-20(47)56-19-36-39(58-21(2)48)40(59-22(3)49)41(60-23(4)50)43(62-36)57-18-24-15-33(45-32-13-9-25(46(54)55)16-28(24)32)37-34(52)14-12-31-38(37)61-35-17-26(51)10-11-30(35)44(31)29-8-6-5-7-27(29)42(53)63-44/h5-17,36,39-41,43,51-52H,18-19H2,1-4H3/t36-,39+,40+,41-,43-,44?/m1/s1. The Morgan fingerprint density at radius 3 is 2.22 bits per heavy atom. The summed E-state index contributed by atoms with van der Waals surface area (Å²) in [7, 11) is 0. The third-order valence-electron chi connectivity index (χ3n) is 10.5. The van der Waals surface area contributed by atoms with Gasteiger partial charge in [0.1, 0.15) is 35.7 Å². The van der Waals surface area contributed by atoms with Crippen molar-refractivity contribution in [3.63, 3.8) is 0 Å². The Morgan fingerprint density at radius 2 is 1.51 bits per heavy atom. The van der Waals surface area contributed by atoms with Crippen LogP contribution in [0.4, 0.5) is 5.69 Å². The molecule has 1 fully saturated rings. The van der Waals surface area contributed by atoms with Gasteiger partial charge in [0.25, 0.3) is 5.69 Å². The number of phenols is 2. The molecule has 63 heavy (non-hydrogen) atoms. The van der Waals surface area contributed by atoms with Gasteiger partial charge in [-0.3, -0.25) is 29.3 Å². The number of aromatic nitrogens is 1. The lowest BCUT2D eigenvalue weighted by Crippen LogP contribution is -2.62. The first-order chi connectivity index (χ1) is 30.0. The first-order valence-electron chi connectivity index (χ1n) is 19.3. The second-order valence-electron chi connectivity index (χ2n) is 14.7. The zero-order valence-electron chi connectivity index (χ0n) is 33.7. The molecule has 6 atom stereocenters. The molecule has 1 saturated heterocycles. The maximum Gasteiger partial charge on any atom is 0.340 e.